The first kappa shape index (κ1) is 20.6. The van der Waals surface area contributed by atoms with Gasteiger partial charge in [-0.2, -0.15) is 0 Å². The Kier molecular flexibility index (Phi) is 9.60. The van der Waals surface area contributed by atoms with Crippen LogP contribution in [0.2, 0.25) is 0 Å². The first-order valence-corrected chi connectivity index (χ1v) is 9.43. The zero-order valence-corrected chi connectivity index (χ0v) is 16.4. The minimum atomic E-state index is -0.235. The Balaban J connectivity index is 2.45. The van der Waals surface area contributed by atoms with Crippen LogP contribution in [0.15, 0.2) is 22.8 Å². The SMILES string of the molecule is CCCCCCC(CC)C(=O)N(C)CC(=O)Nc1ccc(Br)cn1. The summed E-state index contributed by atoms with van der Waals surface area (Å²) >= 11 is 3.30. The lowest BCUT2D eigenvalue weighted by Gasteiger charge is -2.22. The van der Waals surface area contributed by atoms with Crippen molar-refractivity contribution >= 4 is 33.6 Å². The van der Waals surface area contributed by atoms with Crippen molar-refractivity contribution in [3.63, 3.8) is 0 Å². The maximum absolute atomic E-state index is 12.5. The number of halogens is 1. The van der Waals surface area contributed by atoms with Gasteiger partial charge in [0.25, 0.3) is 0 Å². The van der Waals surface area contributed by atoms with Gasteiger partial charge in [-0.3, -0.25) is 9.59 Å². The Hall–Kier alpha value is -1.43. The van der Waals surface area contributed by atoms with Crippen LogP contribution in [0, 0.1) is 5.92 Å². The number of amides is 2. The van der Waals surface area contributed by atoms with Gasteiger partial charge in [0.15, 0.2) is 0 Å². The van der Waals surface area contributed by atoms with E-state index < -0.39 is 0 Å². The molecule has 24 heavy (non-hydrogen) atoms. The molecule has 2 amide bonds. The molecule has 0 aromatic carbocycles. The number of nitrogens with zero attached hydrogens (tertiary/aromatic N) is 2. The third-order valence-electron chi connectivity index (χ3n) is 4.00. The number of rotatable bonds is 10. The Morgan fingerprint density at radius 3 is 2.58 bits per heavy atom. The van der Waals surface area contributed by atoms with E-state index in [9.17, 15) is 9.59 Å². The van der Waals surface area contributed by atoms with Gasteiger partial charge < -0.3 is 10.2 Å². The van der Waals surface area contributed by atoms with E-state index in [1.165, 1.54) is 24.2 Å². The van der Waals surface area contributed by atoms with Crippen LogP contribution in [0.1, 0.15) is 52.4 Å². The van der Waals surface area contributed by atoms with Gasteiger partial charge >= 0.3 is 0 Å². The number of pyridine rings is 1. The number of aromatic nitrogens is 1. The number of carbonyl (C=O) groups is 2. The highest BCUT2D eigenvalue weighted by Crippen LogP contribution is 2.17. The van der Waals surface area contributed by atoms with Crippen molar-refractivity contribution < 1.29 is 9.59 Å². The molecule has 1 rings (SSSR count). The summed E-state index contributed by atoms with van der Waals surface area (Å²) < 4.78 is 0.849. The Bertz CT molecular complexity index is 520. The summed E-state index contributed by atoms with van der Waals surface area (Å²) in [6.45, 7) is 4.25. The van der Waals surface area contributed by atoms with Gasteiger partial charge in [-0.1, -0.05) is 39.5 Å². The predicted octanol–water partition coefficient (Wildman–Crippen LogP) is 4.24. The molecule has 1 aromatic heterocycles. The summed E-state index contributed by atoms with van der Waals surface area (Å²) in [4.78, 5) is 30.2. The van der Waals surface area contributed by atoms with Gasteiger partial charge in [0, 0.05) is 23.6 Å². The number of hydrogen-bond acceptors (Lipinski definition) is 3. The number of anilines is 1. The highest BCUT2D eigenvalue weighted by Gasteiger charge is 2.21. The average molecular weight is 398 g/mol. The summed E-state index contributed by atoms with van der Waals surface area (Å²) in [6.07, 6.45) is 7.97. The van der Waals surface area contributed by atoms with Gasteiger partial charge in [0.2, 0.25) is 11.8 Å². The maximum Gasteiger partial charge on any atom is 0.245 e. The third-order valence-corrected chi connectivity index (χ3v) is 4.47. The molecule has 0 radical (unpaired) electrons. The molecule has 0 fully saturated rings. The first-order chi connectivity index (χ1) is 11.5. The lowest BCUT2D eigenvalue weighted by Crippen LogP contribution is -2.38. The molecule has 1 aromatic rings. The van der Waals surface area contributed by atoms with Crippen molar-refractivity contribution in [1.29, 1.82) is 0 Å². The molecule has 134 valence electrons. The predicted molar refractivity (Wildman–Crippen MR) is 101 cm³/mol. The van der Waals surface area contributed by atoms with Crippen molar-refractivity contribution in [3.05, 3.63) is 22.8 Å². The second-order valence-electron chi connectivity index (χ2n) is 6.06. The van der Waals surface area contributed by atoms with E-state index in [1.807, 2.05) is 6.92 Å². The fraction of sp³-hybridized carbons (Fsp3) is 0.611. The van der Waals surface area contributed by atoms with Gasteiger partial charge in [-0.15, -0.1) is 0 Å². The number of hydrogen-bond donors (Lipinski definition) is 1. The van der Waals surface area contributed by atoms with Gasteiger partial charge in [0.1, 0.15) is 5.82 Å². The van der Waals surface area contributed by atoms with Crippen LogP contribution >= 0.6 is 15.9 Å². The van der Waals surface area contributed by atoms with E-state index in [-0.39, 0.29) is 24.3 Å². The highest BCUT2D eigenvalue weighted by atomic mass is 79.9. The molecule has 1 N–H and O–H groups in total. The van der Waals surface area contributed by atoms with E-state index in [2.05, 4.69) is 33.2 Å². The standard InChI is InChI=1S/C18H28BrN3O2/c1-4-6-7-8-9-14(5-2)18(24)22(3)13-17(23)21-16-11-10-15(19)12-20-16/h10-12,14H,4-9,13H2,1-3H3,(H,20,21,23). The zero-order valence-electron chi connectivity index (χ0n) is 14.8. The molecule has 0 aliphatic heterocycles. The summed E-state index contributed by atoms with van der Waals surface area (Å²) in [6, 6.07) is 3.52. The van der Waals surface area contributed by atoms with Gasteiger partial charge in [0.05, 0.1) is 6.54 Å². The normalized spacial score (nSPS) is 11.8. The van der Waals surface area contributed by atoms with Crippen LogP contribution in [-0.2, 0) is 9.59 Å². The largest absolute Gasteiger partial charge is 0.336 e. The quantitative estimate of drug-likeness (QED) is 0.600. The topological polar surface area (TPSA) is 62.3 Å². The fourth-order valence-corrected chi connectivity index (χ4v) is 2.79. The molecule has 0 aliphatic carbocycles. The van der Waals surface area contributed by atoms with Crippen LogP contribution in [0.4, 0.5) is 5.82 Å². The van der Waals surface area contributed by atoms with Crippen molar-refractivity contribution in [2.75, 3.05) is 18.9 Å². The van der Waals surface area contributed by atoms with Crippen LogP contribution < -0.4 is 5.32 Å². The number of nitrogens with one attached hydrogen (secondary N) is 1. The molecule has 0 saturated heterocycles. The monoisotopic (exact) mass is 397 g/mol. The average Bonchev–Trinajstić information content (AvgIpc) is 2.56. The highest BCUT2D eigenvalue weighted by molar-refractivity contribution is 9.10. The molecule has 6 heteroatoms. The minimum Gasteiger partial charge on any atom is -0.336 e. The minimum absolute atomic E-state index is 0.00506. The molecule has 0 spiro atoms. The van der Waals surface area contributed by atoms with Crippen LogP contribution in [0.3, 0.4) is 0 Å². The Labute approximate surface area is 153 Å². The van der Waals surface area contributed by atoms with E-state index in [4.69, 9.17) is 0 Å². The summed E-state index contributed by atoms with van der Waals surface area (Å²) in [5.74, 6) is 0.301. The van der Waals surface area contributed by atoms with Crippen molar-refractivity contribution in [2.45, 2.75) is 52.4 Å². The third kappa shape index (κ3) is 7.43. The Morgan fingerprint density at radius 1 is 1.25 bits per heavy atom. The molecule has 0 bridgehead atoms. The second-order valence-corrected chi connectivity index (χ2v) is 6.97. The van der Waals surface area contributed by atoms with Crippen LogP contribution in [0.25, 0.3) is 0 Å². The molecule has 5 nitrogen and oxygen atoms in total. The maximum atomic E-state index is 12.5. The lowest BCUT2D eigenvalue weighted by atomic mass is 9.97. The Morgan fingerprint density at radius 2 is 2.00 bits per heavy atom. The number of likely N-dealkylation sites (N-methyl/N-ethyl adjacent to an activating group) is 1. The number of unbranched alkanes of at least 4 members (excludes halogenated alkanes) is 3. The molecule has 1 atom stereocenters. The van der Waals surface area contributed by atoms with E-state index >= 15 is 0 Å². The van der Waals surface area contributed by atoms with Crippen LogP contribution in [0.5, 0.6) is 0 Å². The summed E-state index contributed by atoms with van der Waals surface area (Å²) in [5.41, 5.74) is 0. The zero-order chi connectivity index (χ0) is 17.9. The van der Waals surface area contributed by atoms with Crippen LogP contribution in [-0.4, -0.2) is 35.3 Å². The molecule has 0 saturated carbocycles. The molecule has 1 heterocycles. The smallest absolute Gasteiger partial charge is 0.245 e. The molecular formula is C18H28BrN3O2. The van der Waals surface area contributed by atoms with E-state index in [1.54, 1.807) is 25.4 Å². The summed E-state index contributed by atoms with van der Waals surface area (Å²) in [5, 5.41) is 2.71. The molecular weight excluding hydrogens is 370 g/mol. The second kappa shape index (κ2) is 11.2. The van der Waals surface area contributed by atoms with E-state index in [0.717, 1.165) is 23.7 Å². The van der Waals surface area contributed by atoms with Crippen molar-refractivity contribution in [1.82, 2.24) is 9.88 Å². The first-order valence-electron chi connectivity index (χ1n) is 8.64. The lowest BCUT2D eigenvalue weighted by molar-refractivity contribution is -0.137. The van der Waals surface area contributed by atoms with Crippen molar-refractivity contribution in [3.8, 4) is 0 Å². The molecule has 1 unspecified atom stereocenters. The van der Waals surface area contributed by atoms with E-state index in [0.29, 0.717) is 5.82 Å². The van der Waals surface area contributed by atoms with Gasteiger partial charge in [-0.05, 0) is 40.9 Å². The fourth-order valence-electron chi connectivity index (χ4n) is 2.56. The summed E-state index contributed by atoms with van der Waals surface area (Å²) in [7, 11) is 1.69. The number of carbonyl (C=O) groups excluding carboxylic acids is 2. The van der Waals surface area contributed by atoms with Crippen molar-refractivity contribution in [2.24, 2.45) is 5.92 Å². The van der Waals surface area contributed by atoms with Gasteiger partial charge in [-0.25, -0.2) is 4.98 Å². The molecule has 0 aliphatic rings.